The quantitative estimate of drug-likeness (QED) is 0.752. The number of halogens is 1. The highest BCUT2D eigenvalue weighted by Crippen LogP contribution is 2.23. The lowest BCUT2D eigenvalue weighted by Crippen LogP contribution is -2.48. The van der Waals surface area contributed by atoms with Gasteiger partial charge < -0.3 is 10.2 Å². The molecule has 0 bridgehead atoms. The van der Waals surface area contributed by atoms with Gasteiger partial charge in [-0.2, -0.15) is 5.10 Å². The fourth-order valence-corrected chi connectivity index (χ4v) is 3.59. The van der Waals surface area contributed by atoms with Gasteiger partial charge in [-0.3, -0.25) is 14.4 Å². The molecular formula is C21H30FN5O. The smallest absolute Gasteiger partial charge is 0.220 e. The Morgan fingerprint density at radius 3 is 2.50 bits per heavy atom. The Morgan fingerprint density at radius 1 is 1.14 bits per heavy atom. The van der Waals surface area contributed by atoms with Crippen molar-refractivity contribution < 1.29 is 9.18 Å². The third-order valence-corrected chi connectivity index (χ3v) is 5.31. The summed E-state index contributed by atoms with van der Waals surface area (Å²) in [5.74, 6) is -0.210. The standard InChI is InChI=1S/C21H30FN5O/c1-3-26-12-14-27(15-13-26)11-10-23-20(28)9-6-18-16-25(2)24-21(18)17-4-7-19(22)8-5-17/h4-5,7-8,16H,3,6,9-15H2,1-2H3,(H,23,28). The Labute approximate surface area is 166 Å². The highest BCUT2D eigenvalue weighted by atomic mass is 19.1. The molecule has 0 aliphatic carbocycles. The van der Waals surface area contributed by atoms with Crippen LogP contribution in [-0.2, 0) is 18.3 Å². The lowest BCUT2D eigenvalue weighted by Gasteiger charge is -2.33. The topological polar surface area (TPSA) is 53.4 Å². The van der Waals surface area contributed by atoms with E-state index >= 15 is 0 Å². The van der Waals surface area contributed by atoms with Gasteiger partial charge in [-0.25, -0.2) is 4.39 Å². The van der Waals surface area contributed by atoms with E-state index in [-0.39, 0.29) is 11.7 Å². The summed E-state index contributed by atoms with van der Waals surface area (Å²) in [5.41, 5.74) is 2.67. The number of nitrogens with one attached hydrogen (secondary N) is 1. The normalized spacial score (nSPS) is 15.7. The van der Waals surface area contributed by atoms with E-state index in [0.29, 0.717) is 19.4 Å². The highest BCUT2D eigenvalue weighted by Gasteiger charge is 2.15. The van der Waals surface area contributed by atoms with Gasteiger partial charge in [0.05, 0.1) is 5.69 Å². The fourth-order valence-electron chi connectivity index (χ4n) is 3.59. The number of carbonyl (C=O) groups is 1. The van der Waals surface area contributed by atoms with Gasteiger partial charge in [-0.15, -0.1) is 0 Å². The van der Waals surface area contributed by atoms with E-state index < -0.39 is 0 Å². The van der Waals surface area contributed by atoms with Crippen molar-refractivity contribution in [3.05, 3.63) is 41.8 Å². The summed E-state index contributed by atoms with van der Waals surface area (Å²) < 4.78 is 14.9. The minimum atomic E-state index is -0.267. The van der Waals surface area contributed by atoms with Gasteiger partial charge in [0.2, 0.25) is 5.91 Å². The second kappa shape index (κ2) is 9.80. The first-order chi connectivity index (χ1) is 13.5. The van der Waals surface area contributed by atoms with Crippen molar-refractivity contribution in [3.63, 3.8) is 0 Å². The molecule has 28 heavy (non-hydrogen) atoms. The van der Waals surface area contributed by atoms with Crippen LogP contribution in [0.25, 0.3) is 11.3 Å². The fraction of sp³-hybridized carbons (Fsp3) is 0.524. The summed E-state index contributed by atoms with van der Waals surface area (Å²) in [5, 5.41) is 7.50. The van der Waals surface area contributed by atoms with Gasteiger partial charge in [0.1, 0.15) is 5.82 Å². The molecule has 0 saturated carbocycles. The molecule has 0 radical (unpaired) electrons. The van der Waals surface area contributed by atoms with Gasteiger partial charge in [0.25, 0.3) is 0 Å². The third-order valence-electron chi connectivity index (χ3n) is 5.31. The number of piperazine rings is 1. The van der Waals surface area contributed by atoms with Crippen molar-refractivity contribution in [2.75, 3.05) is 45.8 Å². The number of hydrogen-bond donors (Lipinski definition) is 1. The molecule has 1 amide bonds. The van der Waals surface area contributed by atoms with Crippen LogP contribution < -0.4 is 5.32 Å². The van der Waals surface area contributed by atoms with Gasteiger partial charge >= 0.3 is 0 Å². The monoisotopic (exact) mass is 387 g/mol. The van der Waals surface area contributed by atoms with Crippen molar-refractivity contribution in [2.45, 2.75) is 19.8 Å². The molecule has 1 aromatic heterocycles. The Hall–Kier alpha value is -2.25. The number of rotatable bonds is 8. The minimum absolute atomic E-state index is 0.0566. The largest absolute Gasteiger partial charge is 0.355 e. The Kier molecular flexibility index (Phi) is 7.17. The lowest BCUT2D eigenvalue weighted by atomic mass is 10.0. The van der Waals surface area contributed by atoms with E-state index in [1.54, 1.807) is 16.8 Å². The van der Waals surface area contributed by atoms with Crippen molar-refractivity contribution in [1.29, 1.82) is 0 Å². The third kappa shape index (κ3) is 5.62. The SMILES string of the molecule is CCN1CCN(CCNC(=O)CCc2cn(C)nc2-c2ccc(F)cc2)CC1. The van der Waals surface area contributed by atoms with Crippen LogP contribution in [0.1, 0.15) is 18.9 Å². The molecule has 0 unspecified atom stereocenters. The second-order valence-corrected chi connectivity index (χ2v) is 7.31. The zero-order valence-corrected chi connectivity index (χ0v) is 16.8. The van der Waals surface area contributed by atoms with Gasteiger partial charge in [0, 0.05) is 64.5 Å². The van der Waals surface area contributed by atoms with Crippen molar-refractivity contribution in [1.82, 2.24) is 24.9 Å². The van der Waals surface area contributed by atoms with Crippen molar-refractivity contribution >= 4 is 5.91 Å². The maximum Gasteiger partial charge on any atom is 0.220 e. The van der Waals surface area contributed by atoms with Gasteiger partial charge in [-0.1, -0.05) is 6.92 Å². The summed E-state index contributed by atoms with van der Waals surface area (Å²) in [6.07, 6.45) is 2.96. The molecule has 0 spiro atoms. The minimum Gasteiger partial charge on any atom is -0.355 e. The number of amides is 1. The summed E-state index contributed by atoms with van der Waals surface area (Å²) in [7, 11) is 1.86. The maximum absolute atomic E-state index is 13.2. The van der Waals surface area contributed by atoms with E-state index in [2.05, 4.69) is 27.1 Å². The zero-order valence-electron chi connectivity index (χ0n) is 16.8. The van der Waals surface area contributed by atoms with E-state index in [1.165, 1.54) is 12.1 Å². The Balaban J connectivity index is 1.44. The van der Waals surface area contributed by atoms with Crippen LogP contribution in [0.15, 0.2) is 30.5 Å². The Morgan fingerprint density at radius 2 is 1.82 bits per heavy atom. The van der Waals surface area contributed by atoms with Crippen LogP contribution in [0.4, 0.5) is 4.39 Å². The van der Waals surface area contributed by atoms with Crippen LogP contribution in [-0.4, -0.2) is 71.3 Å². The zero-order chi connectivity index (χ0) is 19.9. The molecule has 0 atom stereocenters. The van der Waals surface area contributed by atoms with Gasteiger partial charge in [-0.05, 0) is 42.8 Å². The molecule has 1 aliphatic rings. The predicted molar refractivity (Wildman–Crippen MR) is 108 cm³/mol. The molecule has 1 fully saturated rings. The van der Waals surface area contributed by atoms with E-state index in [9.17, 15) is 9.18 Å². The number of hydrogen-bond acceptors (Lipinski definition) is 4. The molecule has 1 aromatic carbocycles. The van der Waals surface area contributed by atoms with Gasteiger partial charge in [0.15, 0.2) is 0 Å². The summed E-state index contributed by atoms with van der Waals surface area (Å²) in [6, 6.07) is 6.31. The number of nitrogens with zero attached hydrogens (tertiary/aromatic N) is 4. The molecule has 2 heterocycles. The Bertz CT molecular complexity index is 766. The first-order valence-corrected chi connectivity index (χ1v) is 10.0. The first kappa shape index (κ1) is 20.5. The average molecular weight is 388 g/mol. The molecule has 152 valence electrons. The molecular weight excluding hydrogens is 357 g/mol. The predicted octanol–water partition coefficient (Wildman–Crippen LogP) is 1.91. The molecule has 6 nitrogen and oxygen atoms in total. The number of carbonyl (C=O) groups excluding carboxylic acids is 1. The van der Waals surface area contributed by atoms with E-state index in [4.69, 9.17) is 0 Å². The summed E-state index contributed by atoms with van der Waals surface area (Å²) in [6.45, 7) is 9.24. The summed E-state index contributed by atoms with van der Waals surface area (Å²) >= 11 is 0. The van der Waals surface area contributed by atoms with Crippen LogP contribution in [0.5, 0.6) is 0 Å². The summed E-state index contributed by atoms with van der Waals surface area (Å²) in [4.78, 5) is 17.1. The number of likely N-dealkylation sites (N-methyl/N-ethyl adjacent to an activating group) is 1. The number of benzene rings is 1. The van der Waals surface area contributed by atoms with Crippen LogP contribution in [0.2, 0.25) is 0 Å². The molecule has 1 N–H and O–H groups in total. The molecule has 1 saturated heterocycles. The second-order valence-electron chi connectivity index (χ2n) is 7.31. The maximum atomic E-state index is 13.2. The highest BCUT2D eigenvalue weighted by molar-refractivity contribution is 5.76. The first-order valence-electron chi connectivity index (χ1n) is 10.0. The van der Waals surface area contributed by atoms with Crippen LogP contribution >= 0.6 is 0 Å². The molecule has 2 aromatic rings. The average Bonchev–Trinajstić information content (AvgIpc) is 3.08. The number of aromatic nitrogens is 2. The molecule has 3 rings (SSSR count). The number of aryl methyl sites for hydroxylation is 2. The lowest BCUT2D eigenvalue weighted by molar-refractivity contribution is -0.121. The molecule has 7 heteroatoms. The molecule has 1 aliphatic heterocycles. The van der Waals surface area contributed by atoms with E-state index in [0.717, 1.165) is 56.1 Å². The van der Waals surface area contributed by atoms with E-state index in [1.807, 2.05) is 13.2 Å². The van der Waals surface area contributed by atoms with Crippen molar-refractivity contribution in [2.24, 2.45) is 7.05 Å². The van der Waals surface area contributed by atoms with Crippen LogP contribution in [0, 0.1) is 5.82 Å². The van der Waals surface area contributed by atoms with Crippen LogP contribution in [0.3, 0.4) is 0 Å². The van der Waals surface area contributed by atoms with Crippen molar-refractivity contribution in [3.8, 4) is 11.3 Å².